The van der Waals surface area contributed by atoms with E-state index in [4.69, 9.17) is 9.47 Å². The van der Waals surface area contributed by atoms with E-state index < -0.39 is 0 Å². The maximum atomic E-state index is 12.5. The van der Waals surface area contributed by atoms with Gasteiger partial charge in [0.05, 0.1) is 0 Å². The van der Waals surface area contributed by atoms with E-state index in [2.05, 4.69) is 41.5 Å². The van der Waals surface area contributed by atoms with Crippen LogP contribution in [0.5, 0.6) is 11.5 Å². The van der Waals surface area contributed by atoms with Crippen molar-refractivity contribution in [3.8, 4) is 11.5 Å². The van der Waals surface area contributed by atoms with Gasteiger partial charge in [0.25, 0.3) is 0 Å². The number of benzene rings is 2. The molecule has 0 heterocycles. The van der Waals surface area contributed by atoms with Crippen molar-refractivity contribution in [2.24, 2.45) is 0 Å². The SMILES string of the molecule is CCCCCCC(=O)Oc1cc(C)c(C)c(Sc2c(C)c(C)cc(OC(=O)CCCCCC)c2C)c1C. The summed E-state index contributed by atoms with van der Waals surface area (Å²) in [5, 5.41) is 0. The molecular weight excluding hydrogens is 480 g/mol. The Morgan fingerprint density at radius 2 is 0.973 bits per heavy atom. The van der Waals surface area contributed by atoms with Gasteiger partial charge in [-0.2, -0.15) is 0 Å². The standard InChI is InChI=1S/C32H46O4S/c1-9-11-13-15-17-29(33)35-27-19-21(3)23(5)31(25(27)7)37-32-24(6)22(4)20-28(26(32)8)36-30(34)18-16-14-12-10-2/h19-20H,9-18H2,1-8H3. The highest BCUT2D eigenvalue weighted by Crippen LogP contribution is 2.44. The van der Waals surface area contributed by atoms with Gasteiger partial charge in [0, 0.05) is 33.8 Å². The Labute approximate surface area is 228 Å². The summed E-state index contributed by atoms with van der Waals surface area (Å²) in [5.74, 6) is 0.921. The van der Waals surface area contributed by atoms with Crippen molar-refractivity contribution in [1.82, 2.24) is 0 Å². The smallest absolute Gasteiger partial charge is 0.311 e. The summed E-state index contributed by atoms with van der Waals surface area (Å²) in [6.07, 6.45) is 9.28. The molecule has 0 aliphatic rings. The van der Waals surface area contributed by atoms with Gasteiger partial charge in [0.2, 0.25) is 0 Å². The number of carbonyl (C=O) groups excluding carboxylic acids is 2. The van der Waals surface area contributed by atoms with E-state index in [0.29, 0.717) is 24.3 Å². The van der Waals surface area contributed by atoms with Gasteiger partial charge >= 0.3 is 11.9 Å². The number of rotatable bonds is 14. The Balaban J connectivity index is 2.30. The highest BCUT2D eigenvalue weighted by molar-refractivity contribution is 7.99. The molecule has 0 amide bonds. The van der Waals surface area contributed by atoms with Crippen LogP contribution in [0, 0.1) is 41.5 Å². The van der Waals surface area contributed by atoms with Crippen LogP contribution in [-0.4, -0.2) is 11.9 Å². The summed E-state index contributed by atoms with van der Waals surface area (Å²) >= 11 is 1.67. The molecule has 0 aromatic heterocycles. The topological polar surface area (TPSA) is 52.6 Å². The summed E-state index contributed by atoms with van der Waals surface area (Å²) in [6, 6.07) is 3.95. The Bertz CT molecular complexity index is 1000. The lowest BCUT2D eigenvalue weighted by Crippen LogP contribution is -2.10. The van der Waals surface area contributed by atoms with Crippen LogP contribution in [0.15, 0.2) is 21.9 Å². The quantitative estimate of drug-likeness (QED) is 0.139. The lowest BCUT2D eigenvalue weighted by molar-refractivity contribution is -0.135. The monoisotopic (exact) mass is 526 g/mol. The van der Waals surface area contributed by atoms with Gasteiger partial charge in [-0.25, -0.2) is 0 Å². The second kappa shape index (κ2) is 15.2. The second-order valence-corrected chi connectivity index (χ2v) is 11.2. The van der Waals surface area contributed by atoms with Gasteiger partial charge < -0.3 is 9.47 Å². The number of carbonyl (C=O) groups is 2. The largest absolute Gasteiger partial charge is 0.426 e. The van der Waals surface area contributed by atoms with Crippen LogP contribution in [0.4, 0.5) is 0 Å². The first-order valence-electron chi connectivity index (χ1n) is 13.9. The Kier molecular flexibility index (Phi) is 12.7. The van der Waals surface area contributed by atoms with Gasteiger partial charge in [-0.1, -0.05) is 64.1 Å². The molecule has 0 radical (unpaired) electrons. The summed E-state index contributed by atoms with van der Waals surface area (Å²) in [7, 11) is 0. The van der Waals surface area contributed by atoms with Crippen LogP contribution in [0.3, 0.4) is 0 Å². The molecule has 2 rings (SSSR count). The van der Waals surface area contributed by atoms with E-state index in [1.807, 2.05) is 26.0 Å². The van der Waals surface area contributed by atoms with E-state index in [1.54, 1.807) is 11.8 Å². The molecule has 0 saturated carbocycles. The average molecular weight is 527 g/mol. The molecule has 2 aromatic carbocycles. The van der Waals surface area contributed by atoms with Crippen molar-refractivity contribution in [3.05, 3.63) is 45.5 Å². The molecule has 0 spiro atoms. The van der Waals surface area contributed by atoms with E-state index in [1.165, 1.54) is 11.1 Å². The first-order valence-corrected chi connectivity index (χ1v) is 14.7. The van der Waals surface area contributed by atoms with Crippen molar-refractivity contribution in [3.63, 3.8) is 0 Å². The second-order valence-electron chi connectivity index (χ2n) is 10.2. The van der Waals surface area contributed by atoms with Crippen molar-refractivity contribution >= 4 is 23.7 Å². The van der Waals surface area contributed by atoms with Crippen molar-refractivity contribution < 1.29 is 19.1 Å². The molecule has 0 aliphatic heterocycles. The highest BCUT2D eigenvalue weighted by Gasteiger charge is 2.20. The molecule has 5 heteroatoms. The van der Waals surface area contributed by atoms with Gasteiger partial charge in [-0.3, -0.25) is 9.59 Å². The number of hydrogen-bond donors (Lipinski definition) is 0. The Morgan fingerprint density at radius 1 is 0.595 bits per heavy atom. The minimum Gasteiger partial charge on any atom is -0.426 e. The summed E-state index contributed by atoms with van der Waals surface area (Å²) < 4.78 is 11.7. The van der Waals surface area contributed by atoms with Crippen LogP contribution < -0.4 is 9.47 Å². The number of esters is 2. The molecule has 0 saturated heterocycles. The minimum absolute atomic E-state index is 0.172. The van der Waals surface area contributed by atoms with Gasteiger partial charge in [0.15, 0.2) is 0 Å². The van der Waals surface area contributed by atoms with Crippen molar-refractivity contribution in [1.29, 1.82) is 0 Å². The minimum atomic E-state index is -0.172. The zero-order chi connectivity index (χ0) is 27.5. The molecule has 0 unspecified atom stereocenters. The predicted molar refractivity (Wildman–Crippen MR) is 154 cm³/mol. The third kappa shape index (κ3) is 8.91. The van der Waals surface area contributed by atoms with Gasteiger partial charge in [-0.05, 0) is 88.8 Å². The number of ether oxygens (including phenoxy) is 2. The fourth-order valence-electron chi connectivity index (χ4n) is 4.33. The van der Waals surface area contributed by atoms with E-state index in [-0.39, 0.29) is 11.9 Å². The van der Waals surface area contributed by atoms with Crippen LogP contribution in [0.2, 0.25) is 0 Å². The molecule has 0 fully saturated rings. The third-order valence-electron chi connectivity index (χ3n) is 7.10. The lowest BCUT2D eigenvalue weighted by atomic mass is 10.1. The molecule has 0 aliphatic carbocycles. The normalized spacial score (nSPS) is 11.0. The first kappa shape index (κ1) is 31.0. The molecule has 0 bridgehead atoms. The zero-order valence-corrected chi connectivity index (χ0v) is 25.1. The fraction of sp³-hybridized carbons (Fsp3) is 0.562. The molecule has 4 nitrogen and oxygen atoms in total. The number of unbranched alkanes of at least 4 members (excludes halogenated alkanes) is 6. The van der Waals surface area contributed by atoms with Crippen molar-refractivity contribution in [2.75, 3.05) is 0 Å². The molecular formula is C32H46O4S. The maximum Gasteiger partial charge on any atom is 0.311 e. The molecule has 37 heavy (non-hydrogen) atoms. The summed E-state index contributed by atoms with van der Waals surface area (Å²) in [5.41, 5.74) is 6.43. The number of hydrogen-bond acceptors (Lipinski definition) is 5. The third-order valence-corrected chi connectivity index (χ3v) is 8.73. The predicted octanol–water partition coefficient (Wildman–Crippen LogP) is 9.44. The maximum absolute atomic E-state index is 12.5. The van der Waals surface area contributed by atoms with Crippen LogP contribution in [0.25, 0.3) is 0 Å². The number of aryl methyl sites for hydroxylation is 2. The fourth-order valence-corrected chi connectivity index (χ4v) is 5.67. The van der Waals surface area contributed by atoms with Crippen LogP contribution in [0.1, 0.15) is 111 Å². The van der Waals surface area contributed by atoms with Crippen LogP contribution in [-0.2, 0) is 9.59 Å². The first-order chi connectivity index (χ1) is 17.6. The molecule has 2 aromatic rings. The van der Waals surface area contributed by atoms with Crippen molar-refractivity contribution in [2.45, 2.75) is 129 Å². The van der Waals surface area contributed by atoms with Crippen LogP contribution >= 0.6 is 11.8 Å². The Morgan fingerprint density at radius 3 is 1.32 bits per heavy atom. The van der Waals surface area contributed by atoms with Gasteiger partial charge in [-0.15, -0.1) is 0 Å². The van der Waals surface area contributed by atoms with E-state index in [0.717, 1.165) is 83.4 Å². The summed E-state index contributed by atoms with van der Waals surface area (Å²) in [6.45, 7) is 16.7. The molecule has 0 atom stereocenters. The average Bonchev–Trinajstić information content (AvgIpc) is 2.86. The highest BCUT2D eigenvalue weighted by atomic mass is 32.2. The molecule has 204 valence electrons. The zero-order valence-electron chi connectivity index (χ0n) is 24.3. The van der Waals surface area contributed by atoms with Gasteiger partial charge in [0.1, 0.15) is 11.5 Å². The summed E-state index contributed by atoms with van der Waals surface area (Å²) in [4.78, 5) is 27.2. The Hall–Kier alpha value is -2.27. The molecule has 0 N–H and O–H groups in total. The lowest BCUT2D eigenvalue weighted by Gasteiger charge is -2.20. The van der Waals surface area contributed by atoms with E-state index in [9.17, 15) is 9.59 Å². The van der Waals surface area contributed by atoms with E-state index >= 15 is 0 Å².